The minimum atomic E-state index is -0.716. The molecule has 0 saturated carbocycles. The molecule has 0 spiro atoms. The van der Waals surface area contributed by atoms with Gasteiger partial charge in [0, 0.05) is 30.4 Å². The highest BCUT2D eigenvalue weighted by atomic mass is 16.7. The third-order valence-electron chi connectivity index (χ3n) is 8.33. The molecule has 6 bridgehead atoms. The highest BCUT2D eigenvalue weighted by Gasteiger charge is 2.43. The van der Waals surface area contributed by atoms with Crippen LogP contribution in [0.3, 0.4) is 0 Å². The van der Waals surface area contributed by atoms with Gasteiger partial charge in [0.15, 0.2) is 0 Å². The molecule has 0 aliphatic carbocycles. The second-order valence-corrected chi connectivity index (χ2v) is 11.7. The molecule has 9 atom stereocenters. The summed E-state index contributed by atoms with van der Waals surface area (Å²) < 4.78 is 36.4. The minimum absolute atomic E-state index is 0.0490. The molecule has 228 valence electrons. The number of esters is 1. The predicted molar refractivity (Wildman–Crippen MR) is 157 cm³/mol. The van der Waals surface area contributed by atoms with Crippen molar-refractivity contribution < 1.29 is 33.2 Å². The number of fused-ring (bicyclic) bond motifs is 6. The van der Waals surface area contributed by atoms with Gasteiger partial charge in [-0.1, -0.05) is 44.7 Å². The number of nitrogens with zero attached hydrogens (tertiary/aromatic N) is 1. The zero-order chi connectivity index (χ0) is 30.2. The van der Waals surface area contributed by atoms with Gasteiger partial charge in [0.2, 0.25) is 6.29 Å². The molecule has 0 aromatic rings. The van der Waals surface area contributed by atoms with Gasteiger partial charge in [-0.25, -0.2) is 4.79 Å². The number of ether oxygens (including phenoxy) is 6. The third kappa shape index (κ3) is 8.45. The number of carbonyl (C=O) groups excluding carboxylic acids is 1. The fourth-order valence-electron chi connectivity index (χ4n) is 6.15. The van der Waals surface area contributed by atoms with Crippen molar-refractivity contribution in [3.05, 3.63) is 72.4 Å². The quantitative estimate of drug-likeness (QED) is 0.251. The normalized spacial score (nSPS) is 40.0. The maximum atomic E-state index is 13.0. The molecule has 3 fully saturated rings. The Morgan fingerprint density at radius 3 is 2.60 bits per heavy atom. The van der Waals surface area contributed by atoms with E-state index >= 15 is 0 Å². The Balaban J connectivity index is 1.57. The number of rotatable bonds is 1. The number of carbonyl (C=O) groups is 1. The van der Waals surface area contributed by atoms with Gasteiger partial charge in [-0.3, -0.25) is 0 Å². The van der Waals surface area contributed by atoms with E-state index in [1.165, 1.54) is 18.4 Å². The molecule has 3 saturated heterocycles. The van der Waals surface area contributed by atoms with E-state index in [9.17, 15) is 10.1 Å². The van der Waals surface area contributed by atoms with Crippen LogP contribution >= 0.6 is 0 Å². The number of nitriles is 1. The van der Waals surface area contributed by atoms with E-state index in [4.69, 9.17) is 34.2 Å². The molecule has 2 N–H and O–H groups in total. The lowest BCUT2D eigenvalue weighted by Gasteiger charge is -2.44. The van der Waals surface area contributed by atoms with Crippen LogP contribution in [-0.4, -0.2) is 55.5 Å². The van der Waals surface area contributed by atoms with Gasteiger partial charge in [-0.15, -0.1) is 0 Å². The lowest BCUT2D eigenvalue weighted by molar-refractivity contribution is -0.203. The topological polar surface area (TPSA) is 122 Å². The molecule has 42 heavy (non-hydrogen) atoms. The lowest BCUT2D eigenvalue weighted by atomic mass is 9.79. The molecular formula is C33H44N2O7. The Morgan fingerprint density at radius 2 is 1.81 bits per heavy atom. The van der Waals surface area contributed by atoms with Crippen molar-refractivity contribution in [1.29, 1.82) is 5.26 Å². The Bertz CT molecular complexity index is 1170. The second kappa shape index (κ2) is 14.8. The molecule has 0 amide bonds. The second-order valence-electron chi connectivity index (χ2n) is 11.7. The first-order valence-electron chi connectivity index (χ1n) is 14.8. The van der Waals surface area contributed by atoms with Crippen LogP contribution in [0.5, 0.6) is 0 Å². The zero-order valence-electron chi connectivity index (χ0n) is 24.9. The molecule has 9 nitrogen and oxygen atoms in total. The minimum Gasteiger partial charge on any atom is -0.464 e. The largest absolute Gasteiger partial charge is 0.464 e. The van der Waals surface area contributed by atoms with Crippen LogP contribution in [0.15, 0.2) is 72.4 Å². The summed E-state index contributed by atoms with van der Waals surface area (Å²) in [5.74, 6) is -0.268. The monoisotopic (exact) mass is 580 g/mol. The summed E-state index contributed by atoms with van der Waals surface area (Å²) in [5.41, 5.74) is 8.47. The molecule has 0 unspecified atom stereocenters. The molecule has 4 heterocycles. The molecule has 4 aliphatic rings. The van der Waals surface area contributed by atoms with Crippen molar-refractivity contribution in [3.8, 4) is 6.07 Å². The van der Waals surface area contributed by atoms with Gasteiger partial charge in [0.25, 0.3) is 0 Å². The Morgan fingerprint density at radius 1 is 1.05 bits per heavy atom. The Kier molecular flexibility index (Phi) is 11.2. The summed E-state index contributed by atoms with van der Waals surface area (Å²) in [6, 6.07) is 2.09. The van der Waals surface area contributed by atoms with E-state index in [0.29, 0.717) is 37.3 Å². The van der Waals surface area contributed by atoms with Gasteiger partial charge >= 0.3 is 5.97 Å². The summed E-state index contributed by atoms with van der Waals surface area (Å²) in [6.07, 6.45) is 11.9. The summed E-state index contributed by atoms with van der Waals surface area (Å²) >= 11 is 0. The van der Waals surface area contributed by atoms with Crippen LogP contribution in [0.1, 0.15) is 59.3 Å². The number of hydrogen-bond acceptors (Lipinski definition) is 9. The van der Waals surface area contributed by atoms with Crippen molar-refractivity contribution in [2.24, 2.45) is 17.6 Å². The smallest absolute Gasteiger partial charge is 0.330 e. The van der Waals surface area contributed by atoms with E-state index in [1.807, 2.05) is 32.9 Å². The van der Waals surface area contributed by atoms with E-state index < -0.39 is 18.4 Å². The van der Waals surface area contributed by atoms with Crippen molar-refractivity contribution in [2.75, 3.05) is 6.61 Å². The van der Waals surface area contributed by atoms with Crippen LogP contribution in [0, 0.1) is 23.2 Å². The summed E-state index contributed by atoms with van der Waals surface area (Å²) in [7, 11) is 0. The van der Waals surface area contributed by atoms with Crippen molar-refractivity contribution in [3.63, 3.8) is 0 Å². The molecule has 4 rings (SSSR count). The molecule has 9 heteroatoms. The fraction of sp³-hybridized carbons (Fsp3) is 0.576. The number of hydrogen-bond donors (Lipinski definition) is 1. The van der Waals surface area contributed by atoms with Gasteiger partial charge in [0.05, 0.1) is 43.2 Å². The zero-order valence-corrected chi connectivity index (χ0v) is 24.9. The van der Waals surface area contributed by atoms with Crippen LogP contribution in [-0.2, 0) is 33.2 Å². The molecule has 4 aliphatic heterocycles. The Hall–Kier alpha value is -3.16. The van der Waals surface area contributed by atoms with E-state index in [0.717, 1.165) is 30.4 Å². The maximum Gasteiger partial charge on any atom is 0.330 e. The molecule has 0 aromatic heterocycles. The van der Waals surface area contributed by atoms with Crippen LogP contribution in [0.25, 0.3) is 0 Å². The maximum absolute atomic E-state index is 13.0. The average molecular weight is 581 g/mol. The first-order valence-corrected chi connectivity index (χ1v) is 14.8. The Labute approximate surface area is 249 Å². The van der Waals surface area contributed by atoms with Gasteiger partial charge in [-0.05, 0) is 50.7 Å². The van der Waals surface area contributed by atoms with Crippen LogP contribution < -0.4 is 5.73 Å². The highest BCUT2D eigenvalue weighted by molar-refractivity contribution is 5.82. The van der Waals surface area contributed by atoms with Gasteiger partial charge < -0.3 is 34.2 Å². The van der Waals surface area contributed by atoms with Crippen LogP contribution in [0.2, 0.25) is 0 Å². The first kappa shape index (κ1) is 31.8. The molecule has 0 radical (unpaired) electrons. The fourth-order valence-corrected chi connectivity index (χ4v) is 6.15. The number of allylic oxidation sites excluding steroid dienone is 2. The van der Waals surface area contributed by atoms with Crippen molar-refractivity contribution >= 4 is 5.97 Å². The number of nitrogens with two attached hydrogens (primary N) is 1. The summed E-state index contributed by atoms with van der Waals surface area (Å²) in [5, 5.41) is 9.24. The van der Waals surface area contributed by atoms with E-state index in [1.54, 1.807) is 6.08 Å². The summed E-state index contributed by atoms with van der Waals surface area (Å²) in [4.78, 5) is 13.0. The van der Waals surface area contributed by atoms with Gasteiger partial charge in [-0.2, -0.15) is 5.26 Å². The SMILES string of the molecule is C=C1C[C@@H]2C[C@@H]3CCO[C@@H](O3)/C(N)=C/OC(=C)/C=C/C[C@H]3O[C@@H](/C(C)=C/C#N)[C@H](C)[C@@H](OC(=O)/C=C\C[C@@H](C1)O2)[C@H]3C. The van der Waals surface area contributed by atoms with Gasteiger partial charge in [0.1, 0.15) is 23.8 Å². The third-order valence-corrected chi connectivity index (χ3v) is 8.33. The summed E-state index contributed by atoms with van der Waals surface area (Å²) in [6.45, 7) is 14.6. The molecular weight excluding hydrogens is 536 g/mol. The lowest BCUT2D eigenvalue weighted by Crippen LogP contribution is -2.50. The standard InChI is InChI=1S/C33H44N2O7/c1-20-16-25-9-7-11-30(36)42-32-23(4)29(41-31(24(32)5)21(2)12-14-34)10-6-8-22(3)38-19-28(35)33-37-15-13-26(40-33)18-27(17-20)39-25/h6-8,11-12,19,23-27,29,31-33H,1,3,9-10,13,15-18,35H2,2,4-5H3/b8-6+,11-7-,21-12+,28-19-/t23-,24-,25-,26-,27+,29+,31-,32-,33-/m0/s1. The predicted octanol–water partition coefficient (Wildman–Crippen LogP) is 5.27. The highest BCUT2D eigenvalue weighted by Crippen LogP contribution is 2.37. The van der Waals surface area contributed by atoms with Crippen molar-refractivity contribution in [2.45, 2.75) is 102 Å². The van der Waals surface area contributed by atoms with Crippen LogP contribution in [0.4, 0.5) is 0 Å². The molecule has 0 aromatic carbocycles. The van der Waals surface area contributed by atoms with Crippen molar-refractivity contribution in [1.82, 2.24) is 0 Å². The van der Waals surface area contributed by atoms with E-state index in [-0.39, 0.29) is 42.4 Å². The first-order chi connectivity index (χ1) is 20.1. The van der Waals surface area contributed by atoms with E-state index in [2.05, 4.69) is 19.2 Å². The average Bonchev–Trinajstić information content (AvgIpc) is 2.94.